The number of alkyl halides is 6. The Balaban J connectivity index is 2.14. The Labute approximate surface area is 157 Å². The quantitative estimate of drug-likeness (QED) is 0.554. The third-order valence-corrected chi connectivity index (χ3v) is 4.71. The number of aromatic nitrogens is 1. The second-order valence-corrected chi connectivity index (χ2v) is 6.60. The molecule has 1 unspecified atom stereocenters. The average Bonchev–Trinajstić information content (AvgIpc) is 2.90. The fourth-order valence-corrected chi connectivity index (χ4v) is 3.56. The Hall–Kier alpha value is -2.48. The number of hydrogen-bond acceptors (Lipinski definition) is 1. The highest BCUT2D eigenvalue weighted by molar-refractivity contribution is 5.82. The van der Waals surface area contributed by atoms with Crippen molar-refractivity contribution in [2.45, 2.75) is 31.2 Å². The number of aryl methyl sites for hydroxylation is 1. The molecule has 150 valence electrons. The zero-order chi connectivity index (χ0) is 20.7. The van der Waals surface area contributed by atoms with Crippen molar-refractivity contribution in [1.82, 2.24) is 4.57 Å². The molecule has 0 aliphatic carbocycles. The maximum absolute atomic E-state index is 13.0. The van der Waals surface area contributed by atoms with Crippen LogP contribution in [0.1, 0.15) is 28.8 Å². The molecule has 0 amide bonds. The molecular weight excluding hydrogens is 384 g/mol. The van der Waals surface area contributed by atoms with Crippen LogP contribution in [0.4, 0.5) is 26.3 Å². The van der Waals surface area contributed by atoms with Crippen molar-refractivity contribution in [1.29, 1.82) is 0 Å². The second-order valence-electron chi connectivity index (χ2n) is 6.60. The van der Waals surface area contributed by atoms with Crippen molar-refractivity contribution in [3.05, 3.63) is 71.4 Å². The first-order valence-electron chi connectivity index (χ1n) is 8.44. The van der Waals surface area contributed by atoms with E-state index in [-0.39, 0.29) is 12.0 Å². The first-order valence-corrected chi connectivity index (χ1v) is 8.44. The molecule has 2 aromatic carbocycles. The van der Waals surface area contributed by atoms with Gasteiger partial charge < -0.3 is 9.67 Å². The predicted molar refractivity (Wildman–Crippen MR) is 93.2 cm³/mol. The molecule has 0 bridgehead atoms. The summed E-state index contributed by atoms with van der Waals surface area (Å²) >= 11 is 0. The molecule has 0 saturated heterocycles. The zero-order valence-corrected chi connectivity index (χ0v) is 14.7. The first kappa shape index (κ1) is 20.3. The summed E-state index contributed by atoms with van der Waals surface area (Å²) in [5.41, 5.74) is 0.987. The number of benzene rings is 2. The summed E-state index contributed by atoms with van der Waals surface area (Å²) in [6.07, 6.45) is -10.9. The van der Waals surface area contributed by atoms with E-state index in [9.17, 15) is 31.4 Å². The highest BCUT2D eigenvalue weighted by atomic mass is 19.4. The number of aliphatic hydroxyl groups excluding tert-OH is 1. The van der Waals surface area contributed by atoms with Gasteiger partial charge in [-0.1, -0.05) is 36.4 Å². The van der Waals surface area contributed by atoms with Gasteiger partial charge in [0, 0.05) is 16.6 Å². The standard InChI is InChI=1S/C20H17F6NO/c1-12-9-15-10-14(18(19(21,22)23)20(24,25)26)7-8-16(15)27(12)17(11-28)13-5-3-2-4-6-13/h2-10,17-18,28H,11H2,1H3. The normalized spacial score (nSPS) is 14.0. The topological polar surface area (TPSA) is 25.2 Å². The molecule has 0 aliphatic rings. The predicted octanol–water partition coefficient (Wildman–Crippen LogP) is 5.74. The van der Waals surface area contributed by atoms with E-state index in [4.69, 9.17) is 0 Å². The molecule has 28 heavy (non-hydrogen) atoms. The van der Waals surface area contributed by atoms with E-state index in [0.717, 1.165) is 17.7 Å². The van der Waals surface area contributed by atoms with Crippen LogP contribution in [0.5, 0.6) is 0 Å². The summed E-state index contributed by atoms with van der Waals surface area (Å²) in [4.78, 5) is 0. The molecule has 1 N–H and O–H groups in total. The Morgan fingerprint density at radius 1 is 0.857 bits per heavy atom. The number of fused-ring (bicyclic) bond motifs is 1. The summed E-state index contributed by atoms with van der Waals surface area (Å²) in [6, 6.07) is 13.0. The molecule has 0 spiro atoms. The average molecular weight is 401 g/mol. The fourth-order valence-electron chi connectivity index (χ4n) is 3.56. The summed E-state index contributed by atoms with van der Waals surface area (Å²) in [7, 11) is 0. The molecule has 0 saturated carbocycles. The van der Waals surface area contributed by atoms with Gasteiger partial charge in [-0.2, -0.15) is 26.3 Å². The molecule has 1 atom stereocenters. The molecule has 3 aromatic rings. The van der Waals surface area contributed by atoms with Gasteiger partial charge in [0.2, 0.25) is 0 Å². The molecule has 0 fully saturated rings. The van der Waals surface area contributed by atoms with E-state index in [1.54, 1.807) is 41.8 Å². The Kier molecular flexibility index (Phi) is 5.18. The number of halogens is 6. The number of aliphatic hydroxyl groups is 1. The third kappa shape index (κ3) is 3.73. The second kappa shape index (κ2) is 7.16. The fraction of sp³-hybridized carbons (Fsp3) is 0.300. The third-order valence-electron chi connectivity index (χ3n) is 4.71. The Morgan fingerprint density at radius 2 is 1.46 bits per heavy atom. The molecule has 8 heteroatoms. The van der Waals surface area contributed by atoms with Gasteiger partial charge in [-0.25, -0.2) is 0 Å². The van der Waals surface area contributed by atoms with Gasteiger partial charge in [0.05, 0.1) is 12.6 Å². The van der Waals surface area contributed by atoms with E-state index in [1.165, 1.54) is 12.1 Å². The van der Waals surface area contributed by atoms with Crippen molar-refractivity contribution in [2.24, 2.45) is 0 Å². The molecule has 1 heterocycles. The van der Waals surface area contributed by atoms with Gasteiger partial charge in [0.25, 0.3) is 0 Å². The molecule has 2 nitrogen and oxygen atoms in total. The Morgan fingerprint density at radius 3 is 2.00 bits per heavy atom. The van der Waals surface area contributed by atoms with Gasteiger partial charge >= 0.3 is 12.4 Å². The van der Waals surface area contributed by atoms with Gasteiger partial charge in [-0.15, -0.1) is 0 Å². The van der Waals surface area contributed by atoms with Crippen LogP contribution in [0.3, 0.4) is 0 Å². The van der Waals surface area contributed by atoms with Gasteiger partial charge in [-0.3, -0.25) is 0 Å². The molecule has 3 rings (SSSR count). The van der Waals surface area contributed by atoms with Gasteiger partial charge in [0.1, 0.15) is 0 Å². The maximum Gasteiger partial charge on any atom is 0.404 e. The lowest BCUT2D eigenvalue weighted by Gasteiger charge is -2.24. The van der Waals surface area contributed by atoms with Crippen molar-refractivity contribution in [2.75, 3.05) is 6.61 Å². The van der Waals surface area contributed by atoms with Crippen LogP contribution in [0.25, 0.3) is 10.9 Å². The summed E-state index contributed by atoms with van der Waals surface area (Å²) in [6.45, 7) is 1.42. The van der Waals surface area contributed by atoms with Gasteiger partial charge in [-0.05, 0) is 36.2 Å². The molecule has 0 aliphatic heterocycles. The molecule has 1 aromatic heterocycles. The smallest absolute Gasteiger partial charge is 0.394 e. The van der Waals surface area contributed by atoms with Gasteiger partial charge in [0.15, 0.2) is 5.92 Å². The van der Waals surface area contributed by atoms with Crippen LogP contribution in [-0.2, 0) is 0 Å². The van der Waals surface area contributed by atoms with Crippen LogP contribution in [0.15, 0.2) is 54.6 Å². The number of hydrogen-bond donors (Lipinski definition) is 1. The monoisotopic (exact) mass is 401 g/mol. The largest absolute Gasteiger partial charge is 0.404 e. The number of nitrogens with zero attached hydrogens (tertiary/aromatic N) is 1. The highest BCUT2D eigenvalue weighted by Gasteiger charge is 2.57. The summed E-state index contributed by atoms with van der Waals surface area (Å²) in [5, 5.41) is 10.1. The Bertz CT molecular complexity index is 944. The maximum atomic E-state index is 13.0. The van der Waals surface area contributed by atoms with E-state index in [1.807, 2.05) is 0 Å². The van der Waals surface area contributed by atoms with E-state index >= 15 is 0 Å². The van der Waals surface area contributed by atoms with Crippen molar-refractivity contribution >= 4 is 10.9 Å². The van der Waals surface area contributed by atoms with Crippen LogP contribution in [0, 0.1) is 6.92 Å². The molecular formula is C20H17F6NO. The van der Waals surface area contributed by atoms with Crippen molar-refractivity contribution in [3.63, 3.8) is 0 Å². The lowest BCUT2D eigenvalue weighted by molar-refractivity contribution is -0.253. The minimum Gasteiger partial charge on any atom is -0.394 e. The summed E-state index contributed by atoms with van der Waals surface area (Å²) in [5.74, 6) is -3.55. The molecule has 0 radical (unpaired) electrons. The minimum absolute atomic E-state index is 0.253. The first-order chi connectivity index (χ1) is 13.0. The lowest BCUT2D eigenvalue weighted by atomic mass is 9.96. The van der Waals surface area contributed by atoms with E-state index in [0.29, 0.717) is 11.2 Å². The van der Waals surface area contributed by atoms with Crippen molar-refractivity contribution in [3.8, 4) is 0 Å². The SMILES string of the molecule is Cc1cc2cc(C(C(F)(F)F)C(F)(F)F)ccc2n1C(CO)c1ccccc1. The van der Waals surface area contributed by atoms with Crippen LogP contribution < -0.4 is 0 Å². The number of rotatable bonds is 4. The summed E-state index contributed by atoms with van der Waals surface area (Å²) < 4.78 is 79.9. The lowest BCUT2D eigenvalue weighted by Crippen LogP contribution is -2.34. The van der Waals surface area contributed by atoms with E-state index in [2.05, 4.69) is 0 Å². The minimum atomic E-state index is -5.44. The zero-order valence-electron chi connectivity index (χ0n) is 14.7. The van der Waals surface area contributed by atoms with E-state index < -0.39 is 29.9 Å². The van der Waals surface area contributed by atoms with Crippen LogP contribution in [0.2, 0.25) is 0 Å². The van der Waals surface area contributed by atoms with Crippen molar-refractivity contribution < 1.29 is 31.4 Å². The van der Waals surface area contributed by atoms with Crippen LogP contribution in [-0.4, -0.2) is 28.6 Å². The highest BCUT2D eigenvalue weighted by Crippen LogP contribution is 2.47. The van der Waals surface area contributed by atoms with Crippen LogP contribution >= 0.6 is 0 Å².